The summed E-state index contributed by atoms with van der Waals surface area (Å²) in [5.41, 5.74) is 0. The van der Waals surface area contributed by atoms with Gasteiger partial charge in [0.15, 0.2) is 5.82 Å². The predicted molar refractivity (Wildman–Crippen MR) is 53.2 cm³/mol. The van der Waals surface area contributed by atoms with E-state index >= 15 is 0 Å². The molecule has 0 N–H and O–H groups in total. The van der Waals surface area contributed by atoms with Crippen LogP contribution in [-0.2, 0) is 11.2 Å². The van der Waals surface area contributed by atoms with Gasteiger partial charge in [0.05, 0.1) is 0 Å². The molecule has 0 aromatic carbocycles. The van der Waals surface area contributed by atoms with Crippen molar-refractivity contribution in [3.05, 3.63) is 12.2 Å². The average molecular weight is 209 g/mol. The fourth-order valence-corrected chi connectivity index (χ4v) is 1.86. The van der Waals surface area contributed by atoms with Gasteiger partial charge in [-0.2, -0.15) is 4.98 Å². The van der Waals surface area contributed by atoms with Crippen LogP contribution in [0.25, 0.3) is 0 Å². The van der Waals surface area contributed by atoms with E-state index in [0.717, 1.165) is 31.9 Å². The van der Waals surface area contributed by atoms with Gasteiger partial charge >= 0.3 is 0 Å². The van der Waals surface area contributed by atoms with Gasteiger partial charge in [0.1, 0.15) is 5.78 Å². The van der Waals surface area contributed by atoms with E-state index < -0.39 is 0 Å². The molecule has 1 saturated heterocycles. The van der Waals surface area contributed by atoms with E-state index in [1.807, 2.05) is 6.92 Å². The molecule has 0 saturated carbocycles. The summed E-state index contributed by atoms with van der Waals surface area (Å²) < 4.78 is 4.66. The molecule has 1 unspecified atom stereocenters. The van der Waals surface area contributed by atoms with Crippen molar-refractivity contribution in [1.82, 2.24) is 15.0 Å². The Balaban J connectivity index is 1.78. The van der Waals surface area contributed by atoms with Crippen LogP contribution in [0, 0.1) is 5.92 Å². The summed E-state index contributed by atoms with van der Waals surface area (Å²) in [7, 11) is 0. The van der Waals surface area contributed by atoms with E-state index in [-0.39, 0.29) is 5.92 Å². The minimum Gasteiger partial charge on any atom is -0.343 e. The molecule has 0 radical (unpaired) electrons. The van der Waals surface area contributed by atoms with Gasteiger partial charge in [-0.3, -0.25) is 4.79 Å². The van der Waals surface area contributed by atoms with Crippen molar-refractivity contribution in [2.45, 2.75) is 19.8 Å². The van der Waals surface area contributed by atoms with E-state index in [9.17, 15) is 4.79 Å². The van der Waals surface area contributed by atoms with Crippen molar-refractivity contribution in [2.24, 2.45) is 5.92 Å². The Labute approximate surface area is 88.5 Å². The number of rotatable bonds is 3. The minimum absolute atomic E-state index is 0.170. The van der Waals surface area contributed by atoms with Gasteiger partial charge in [0.25, 0.3) is 0 Å². The second kappa shape index (κ2) is 4.53. The Morgan fingerprint density at radius 3 is 3.20 bits per heavy atom. The molecule has 5 nitrogen and oxygen atoms in total. The first-order valence-electron chi connectivity index (χ1n) is 5.26. The lowest BCUT2D eigenvalue weighted by atomic mass is 9.98. The summed E-state index contributed by atoms with van der Waals surface area (Å²) in [5.74, 6) is 1.29. The lowest BCUT2D eigenvalue weighted by molar-refractivity contribution is -0.125. The van der Waals surface area contributed by atoms with Crippen LogP contribution in [0.15, 0.2) is 10.9 Å². The molecule has 1 fully saturated rings. The SMILES string of the molecule is CC1CN(CCc2ncon2)CCC1=O. The number of hydrogen-bond donors (Lipinski definition) is 0. The molecule has 0 spiro atoms. The molecule has 0 aliphatic carbocycles. The van der Waals surface area contributed by atoms with Crippen molar-refractivity contribution >= 4 is 5.78 Å². The molecule has 15 heavy (non-hydrogen) atoms. The summed E-state index contributed by atoms with van der Waals surface area (Å²) in [6.45, 7) is 4.61. The van der Waals surface area contributed by atoms with Crippen molar-refractivity contribution in [2.75, 3.05) is 19.6 Å². The number of carbonyl (C=O) groups excluding carboxylic acids is 1. The first-order valence-corrected chi connectivity index (χ1v) is 5.26. The first kappa shape index (κ1) is 10.3. The van der Waals surface area contributed by atoms with E-state index in [0.29, 0.717) is 12.2 Å². The number of carbonyl (C=O) groups is 1. The van der Waals surface area contributed by atoms with Crippen molar-refractivity contribution < 1.29 is 9.32 Å². The zero-order valence-corrected chi connectivity index (χ0v) is 8.85. The monoisotopic (exact) mass is 209 g/mol. The van der Waals surface area contributed by atoms with E-state index in [4.69, 9.17) is 0 Å². The number of likely N-dealkylation sites (tertiary alicyclic amines) is 1. The molecule has 1 aliphatic heterocycles. The van der Waals surface area contributed by atoms with Crippen LogP contribution in [0.3, 0.4) is 0 Å². The van der Waals surface area contributed by atoms with Crippen LogP contribution in [-0.4, -0.2) is 40.5 Å². The largest absolute Gasteiger partial charge is 0.343 e. The predicted octanol–water partition coefficient (Wildman–Crippen LogP) is 0.523. The van der Waals surface area contributed by atoms with Gasteiger partial charge in [-0.05, 0) is 0 Å². The molecule has 5 heteroatoms. The minimum atomic E-state index is 0.170. The fraction of sp³-hybridized carbons (Fsp3) is 0.700. The van der Waals surface area contributed by atoms with Crippen LogP contribution < -0.4 is 0 Å². The highest BCUT2D eigenvalue weighted by atomic mass is 16.5. The second-order valence-electron chi connectivity index (χ2n) is 4.02. The molecular formula is C10H15N3O2. The van der Waals surface area contributed by atoms with Crippen LogP contribution in [0.5, 0.6) is 0 Å². The topological polar surface area (TPSA) is 59.2 Å². The number of nitrogens with zero attached hydrogens (tertiary/aromatic N) is 3. The summed E-state index contributed by atoms with van der Waals surface area (Å²) in [4.78, 5) is 17.5. The molecule has 0 bridgehead atoms. The molecule has 1 aliphatic rings. The molecular weight excluding hydrogens is 194 g/mol. The number of piperidine rings is 1. The third kappa shape index (κ3) is 2.62. The van der Waals surface area contributed by atoms with Crippen LogP contribution in [0.2, 0.25) is 0 Å². The van der Waals surface area contributed by atoms with Crippen molar-refractivity contribution in [3.63, 3.8) is 0 Å². The quantitative estimate of drug-likeness (QED) is 0.726. The van der Waals surface area contributed by atoms with Crippen molar-refractivity contribution in [1.29, 1.82) is 0 Å². The Bertz CT molecular complexity index is 323. The Morgan fingerprint density at radius 1 is 1.67 bits per heavy atom. The normalized spacial score (nSPS) is 23.3. The van der Waals surface area contributed by atoms with E-state index in [1.165, 1.54) is 6.39 Å². The number of aromatic nitrogens is 2. The van der Waals surface area contributed by atoms with Gasteiger partial charge in [-0.25, -0.2) is 0 Å². The third-order valence-corrected chi connectivity index (χ3v) is 2.81. The highest BCUT2D eigenvalue weighted by Crippen LogP contribution is 2.12. The fourth-order valence-electron chi connectivity index (χ4n) is 1.86. The molecule has 1 atom stereocenters. The summed E-state index contributed by atoms with van der Waals surface area (Å²) in [6.07, 6.45) is 2.81. The van der Waals surface area contributed by atoms with Gasteiger partial charge in [0.2, 0.25) is 6.39 Å². The molecule has 0 amide bonds. The van der Waals surface area contributed by atoms with Gasteiger partial charge < -0.3 is 9.42 Å². The number of Topliss-reactive ketones (excluding diaryl/α,β-unsaturated/α-hetero) is 1. The summed E-state index contributed by atoms with van der Waals surface area (Å²) >= 11 is 0. The molecule has 82 valence electrons. The maximum Gasteiger partial charge on any atom is 0.213 e. The van der Waals surface area contributed by atoms with Gasteiger partial charge in [-0.1, -0.05) is 12.1 Å². The smallest absolute Gasteiger partial charge is 0.213 e. The summed E-state index contributed by atoms with van der Waals surface area (Å²) in [6, 6.07) is 0. The van der Waals surface area contributed by atoms with Gasteiger partial charge in [-0.15, -0.1) is 0 Å². The van der Waals surface area contributed by atoms with E-state index in [1.54, 1.807) is 0 Å². The Kier molecular flexibility index (Phi) is 3.11. The molecule has 2 rings (SSSR count). The van der Waals surface area contributed by atoms with Crippen LogP contribution in [0.1, 0.15) is 19.2 Å². The maximum absolute atomic E-state index is 11.3. The Morgan fingerprint density at radius 2 is 2.53 bits per heavy atom. The van der Waals surface area contributed by atoms with E-state index in [2.05, 4.69) is 19.6 Å². The lowest BCUT2D eigenvalue weighted by Gasteiger charge is -2.29. The number of ketones is 1. The first-order chi connectivity index (χ1) is 7.25. The summed E-state index contributed by atoms with van der Waals surface area (Å²) in [5, 5.41) is 3.75. The number of hydrogen-bond acceptors (Lipinski definition) is 5. The Hall–Kier alpha value is -1.23. The zero-order valence-electron chi connectivity index (χ0n) is 8.85. The standard InChI is InChI=1S/C10H15N3O2/c1-8-6-13(4-2-9(8)14)5-3-10-11-7-15-12-10/h7-8H,2-6H2,1H3. The molecule has 2 heterocycles. The zero-order chi connectivity index (χ0) is 10.7. The molecule has 1 aromatic rings. The van der Waals surface area contributed by atoms with Crippen molar-refractivity contribution in [3.8, 4) is 0 Å². The lowest BCUT2D eigenvalue weighted by Crippen LogP contribution is -2.40. The highest BCUT2D eigenvalue weighted by Gasteiger charge is 2.23. The molecule has 1 aromatic heterocycles. The third-order valence-electron chi connectivity index (χ3n) is 2.81. The highest BCUT2D eigenvalue weighted by molar-refractivity contribution is 5.81. The second-order valence-corrected chi connectivity index (χ2v) is 4.02. The van der Waals surface area contributed by atoms with Gasteiger partial charge in [0, 0.05) is 38.4 Å². The van der Waals surface area contributed by atoms with Crippen LogP contribution in [0.4, 0.5) is 0 Å². The van der Waals surface area contributed by atoms with Crippen LogP contribution >= 0.6 is 0 Å². The maximum atomic E-state index is 11.3. The average Bonchev–Trinajstić information content (AvgIpc) is 2.73.